The highest BCUT2D eigenvalue weighted by molar-refractivity contribution is 7.91. The molecule has 1 N–H and O–H groups in total. The number of amides is 1. The first-order valence-electron chi connectivity index (χ1n) is 8.63. The molecular formula is C16H20N4O4S2. The molecule has 2 aliphatic rings. The molecule has 0 bridgehead atoms. The van der Waals surface area contributed by atoms with Gasteiger partial charge >= 0.3 is 0 Å². The van der Waals surface area contributed by atoms with Crippen molar-refractivity contribution in [2.45, 2.75) is 42.9 Å². The average molecular weight is 396 g/mol. The van der Waals surface area contributed by atoms with E-state index in [9.17, 15) is 13.2 Å². The minimum atomic E-state index is -3.64. The normalized spacial score (nSPS) is 21.7. The van der Waals surface area contributed by atoms with Gasteiger partial charge in [0.1, 0.15) is 4.21 Å². The first kappa shape index (κ1) is 17.6. The second-order valence-electron chi connectivity index (χ2n) is 6.78. The van der Waals surface area contributed by atoms with E-state index in [4.69, 9.17) is 4.52 Å². The van der Waals surface area contributed by atoms with Crippen molar-refractivity contribution in [3.63, 3.8) is 0 Å². The summed E-state index contributed by atoms with van der Waals surface area (Å²) in [7, 11) is -3.64. The number of thiophene rings is 1. The molecule has 10 heteroatoms. The zero-order valence-corrected chi connectivity index (χ0v) is 16.0. The van der Waals surface area contributed by atoms with Gasteiger partial charge in [-0.25, -0.2) is 8.42 Å². The molecule has 2 aromatic rings. The topological polar surface area (TPSA) is 105 Å². The number of aryl methyl sites for hydroxylation is 1. The molecule has 1 saturated heterocycles. The quantitative estimate of drug-likeness (QED) is 0.826. The van der Waals surface area contributed by atoms with Gasteiger partial charge in [0.2, 0.25) is 17.6 Å². The van der Waals surface area contributed by atoms with E-state index in [0.29, 0.717) is 30.2 Å². The van der Waals surface area contributed by atoms with Crippen molar-refractivity contribution in [1.29, 1.82) is 0 Å². The Bertz CT molecular complexity index is 916. The maximum absolute atomic E-state index is 13.0. The number of hydrogen-bond donors (Lipinski definition) is 1. The van der Waals surface area contributed by atoms with Crippen LogP contribution >= 0.6 is 11.3 Å². The third kappa shape index (κ3) is 3.53. The Morgan fingerprint density at radius 3 is 2.88 bits per heavy atom. The third-order valence-electron chi connectivity index (χ3n) is 4.63. The first-order valence-corrected chi connectivity index (χ1v) is 11.0. The largest absolute Gasteiger partial charge is 0.353 e. The van der Waals surface area contributed by atoms with Crippen LogP contribution in [-0.2, 0) is 14.8 Å². The predicted octanol–water partition coefficient (Wildman–Crippen LogP) is 1.79. The van der Waals surface area contributed by atoms with Crippen molar-refractivity contribution in [1.82, 2.24) is 19.8 Å². The fraction of sp³-hybridized carbons (Fsp3) is 0.562. The predicted molar refractivity (Wildman–Crippen MR) is 95.0 cm³/mol. The maximum Gasteiger partial charge on any atom is 0.252 e. The van der Waals surface area contributed by atoms with E-state index in [2.05, 4.69) is 15.5 Å². The number of nitrogens with one attached hydrogen (secondary N) is 1. The number of aromatic nitrogens is 2. The molecule has 1 amide bonds. The molecule has 1 atom stereocenters. The van der Waals surface area contributed by atoms with Gasteiger partial charge < -0.3 is 9.84 Å². The molecule has 1 aliphatic heterocycles. The lowest BCUT2D eigenvalue weighted by Gasteiger charge is -2.30. The van der Waals surface area contributed by atoms with Crippen molar-refractivity contribution in [2.24, 2.45) is 5.92 Å². The van der Waals surface area contributed by atoms with Crippen LogP contribution in [0.5, 0.6) is 0 Å². The van der Waals surface area contributed by atoms with Crippen molar-refractivity contribution < 1.29 is 17.7 Å². The van der Waals surface area contributed by atoms with Crippen molar-refractivity contribution in [3.8, 4) is 11.4 Å². The molecule has 0 spiro atoms. The molecule has 26 heavy (non-hydrogen) atoms. The molecule has 140 valence electrons. The Morgan fingerprint density at radius 1 is 1.38 bits per heavy atom. The monoisotopic (exact) mass is 396 g/mol. The van der Waals surface area contributed by atoms with Gasteiger partial charge in [-0.05, 0) is 31.7 Å². The van der Waals surface area contributed by atoms with Crippen LogP contribution in [-0.4, -0.2) is 47.9 Å². The lowest BCUT2D eigenvalue weighted by atomic mass is 9.99. The smallest absolute Gasteiger partial charge is 0.252 e. The zero-order chi connectivity index (χ0) is 18.3. The molecule has 0 radical (unpaired) electrons. The summed E-state index contributed by atoms with van der Waals surface area (Å²) in [5, 5.41) is 8.51. The highest BCUT2D eigenvalue weighted by Crippen LogP contribution is 2.31. The Morgan fingerprint density at radius 2 is 2.19 bits per heavy atom. The highest BCUT2D eigenvalue weighted by atomic mass is 32.2. The van der Waals surface area contributed by atoms with Crippen LogP contribution in [0.4, 0.5) is 0 Å². The molecule has 1 saturated carbocycles. The second-order valence-corrected chi connectivity index (χ2v) is 9.85. The van der Waals surface area contributed by atoms with Crippen molar-refractivity contribution in [2.75, 3.05) is 13.1 Å². The SMILES string of the molecule is Cc1nc(-c2csc(S(=O)(=O)N3CCC[C@@H](C(=O)NC4CC4)C3)c2)no1. The Hall–Kier alpha value is -1.78. The second kappa shape index (κ2) is 6.75. The summed E-state index contributed by atoms with van der Waals surface area (Å²) < 4.78 is 32.6. The number of carbonyl (C=O) groups excluding carboxylic acids is 1. The Labute approximate surface area is 155 Å². The summed E-state index contributed by atoms with van der Waals surface area (Å²) in [5.74, 6) is 0.497. The number of nitrogens with zero attached hydrogens (tertiary/aromatic N) is 3. The van der Waals surface area contributed by atoms with E-state index < -0.39 is 10.0 Å². The molecule has 1 aliphatic carbocycles. The standard InChI is InChI=1S/C16H20N4O4S2/c1-10-17-15(19-24-10)12-7-14(25-9-12)26(22,23)20-6-2-3-11(8-20)16(21)18-13-4-5-13/h7,9,11,13H,2-6,8H2,1H3,(H,18,21)/t11-/m1/s1. The van der Waals surface area contributed by atoms with Gasteiger partial charge in [0.25, 0.3) is 10.0 Å². The van der Waals surface area contributed by atoms with E-state index in [1.165, 1.54) is 4.31 Å². The van der Waals surface area contributed by atoms with Crippen molar-refractivity contribution >= 4 is 27.3 Å². The number of carbonyl (C=O) groups is 1. The number of hydrogen-bond acceptors (Lipinski definition) is 7. The van der Waals surface area contributed by atoms with Gasteiger partial charge in [-0.15, -0.1) is 11.3 Å². The Balaban J connectivity index is 1.50. The number of rotatable bonds is 5. The van der Waals surface area contributed by atoms with E-state index in [-0.39, 0.29) is 28.6 Å². The van der Waals surface area contributed by atoms with Crippen LogP contribution < -0.4 is 5.32 Å². The van der Waals surface area contributed by atoms with E-state index in [1.54, 1.807) is 18.4 Å². The summed E-state index contributed by atoms with van der Waals surface area (Å²) in [6.45, 7) is 2.35. The highest BCUT2D eigenvalue weighted by Gasteiger charge is 2.35. The summed E-state index contributed by atoms with van der Waals surface area (Å²) in [6, 6.07) is 1.85. The van der Waals surface area contributed by atoms with E-state index in [0.717, 1.165) is 30.6 Å². The molecular weight excluding hydrogens is 376 g/mol. The zero-order valence-electron chi connectivity index (χ0n) is 14.3. The van der Waals surface area contributed by atoms with Gasteiger partial charge in [-0.2, -0.15) is 9.29 Å². The van der Waals surface area contributed by atoms with Crippen LogP contribution in [0, 0.1) is 12.8 Å². The van der Waals surface area contributed by atoms with Gasteiger partial charge in [0, 0.05) is 37.0 Å². The third-order valence-corrected chi connectivity index (χ3v) is 7.91. The van der Waals surface area contributed by atoms with Gasteiger partial charge in [0.15, 0.2) is 0 Å². The van der Waals surface area contributed by atoms with Crippen LogP contribution in [0.15, 0.2) is 20.2 Å². The molecule has 0 unspecified atom stereocenters. The Kier molecular flexibility index (Phi) is 4.57. The minimum absolute atomic E-state index is 0.0264. The van der Waals surface area contributed by atoms with E-state index >= 15 is 0 Å². The van der Waals surface area contributed by atoms with Gasteiger partial charge in [-0.3, -0.25) is 4.79 Å². The molecule has 0 aromatic carbocycles. The van der Waals surface area contributed by atoms with Crippen LogP contribution in [0.3, 0.4) is 0 Å². The summed E-state index contributed by atoms with van der Waals surface area (Å²) >= 11 is 1.13. The van der Waals surface area contributed by atoms with E-state index in [1.807, 2.05) is 0 Å². The average Bonchev–Trinajstić information content (AvgIpc) is 3.11. The fourth-order valence-corrected chi connectivity index (χ4v) is 5.87. The number of sulfonamides is 1. The van der Waals surface area contributed by atoms with Crippen LogP contribution in [0.1, 0.15) is 31.6 Å². The molecule has 2 aromatic heterocycles. The lowest BCUT2D eigenvalue weighted by Crippen LogP contribution is -2.45. The van der Waals surface area contributed by atoms with Gasteiger partial charge in [-0.1, -0.05) is 5.16 Å². The summed E-state index contributed by atoms with van der Waals surface area (Å²) in [5.41, 5.74) is 0.616. The summed E-state index contributed by atoms with van der Waals surface area (Å²) in [6.07, 6.45) is 3.45. The summed E-state index contributed by atoms with van der Waals surface area (Å²) in [4.78, 5) is 16.4. The van der Waals surface area contributed by atoms with Crippen LogP contribution in [0.25, 0.3) is 11.4 Å². The first-order chi connectivity index (χ1) is 12.4. The molecule has 3 heterocycles. The number of piperidine rings is 1. The van der Waals surface area contributed by atoms with Gasteiger partial charge in [0.05, 0.1) is 5.92 Å². The maximum atomic E-state index is 13.0. The lowest BCUT2D eigenvalue weighted by molar-refractivity contribution is -0.126. The van der Waals surface area contributed by atoms with Crippen LogP contribution in [0.2, 0.25) is 0 Å². The molecule has 4 rings (SSSR count). The molecule has 8 nitrogen and oxygen atoms in total. The minimum Gasteiger partial charge on any atom is -0.353 e. The fourth-order valence-electron chi connectivity index (χ4n) is 3.03. The molecule has 2 fully saturated rings. The van der Waals surface area contributed by atoms with Crippen molar-refractivity contribution in [3.05, 3.63) is 17.3 Å².